The minimum absolute atomic E-state index is 0.170. The summed E-state index contributed by atoms with van der Waals surface area (Å²) in [4.78, 5) is 9.12. The van der Waals surface area contributed by atoms with Crippen LogP contribution in [0.25, 0.3) is 22.6 Å². The first-order chi connectivity index (χ1) is 12.0. The van der Waals surface area contributed by atoms with Gasteiger partial charge in [0.25, 0.3) is 0 Å². The van der Waals surface area contributed by atoms with Gasteiger partial charge in [-0.2, -0.15) is 0 Å². The van der Waals surface area contributed by atoms with Crippen LogP contribution in [-0.2, 0) is 4.74 Å². The van der Waals surface area contributed by atoms with E-state index in [1.165, 1.54) is 0 Å². The molecule has 0 aliphatic carbocycles. The average molecular weight is 360 g/mol. The van der Waals surface area contributed by atoms with E-state index in [-0.39, 0.29) is 6.79 Å². The lowest BCUT2D eigenvalue weighted by Gasteiger charge is -2.10. The molecule has 130 valence electrons. The molecule has 0 saturated carbocycles. The van der Waals surface area contributed by atoms with Gasteiger partial charge in [0, 0.05) is 18.2 Å². The predicted molar refractivity (Wildman–Crippen MR) is 94.7 cm³/mol. The van der Waals surface area contributed by atoms with Crippen LogP contribution in [0.1, 0.15) is 17.0 Å². The van der Waals surface area contributed by atoms with Gasteiger partial charge in [-0.05, 0) is 32.9 Å². The molecule has 0 bridgehead atoms. The van der Waals surface area contributed by atoms with E-state index in [0.717, 1.165) is 28.1 Å². The van der Waals surface area contributed by atoms with Crippen LogP contribution in [0.2, 0.25) is 5.15 Å². The number of aryl methyl sites for hydroxylation is 2. The number of halogens is 1. The maximum Gasteiger partial charge on any atom is 0.188 e. The Balaban J connectivity index is 2.10. The maximum atomic E-state index is 6.36. The van der Waals surface area contributed by atoms with Crippen molar-refractivity contribution in [2.24, 2.45) is 0 Å². The normalized spacial score (nSPS) is 10.9. The zero-order chi connectivity index (χ0) is 18.0. The van der Waals surface area contributed by atoms with Crippen molar-refractivity contribution in [3.8, 4) is 28.4 Å². The van der Waals surface area contributed by atoms with E-state index in [9.17, 15) is 0 Å². The molecule has 0 amide bonds. The van der Waals surface area contributed by atoms with Crippen LogP contribution in [0, 0.1) is 20.8 Å². The van der Waals surface area contributed by atoms with Gasteiger partial charge in [-0.3, -0.25) is 0 Å². The first-order valence-corrected chi connectivity index (χ1v) is 8.08. The smallest absolute Gasteiger partial charge is 0.188 e. The van der Waals surface area contributed by atoms with Crippen LogP contribution in [0.5, 0.6) is 5.75 Å². The molecular formula is C18H18ClN3O3. The third-order valence-electron chi connectivity index (χ3n) is 3.79. The van der Waals surface area contributed by atoms with E-state index in [1.54, 1.807) is 7.11 Å². The minimum atomic E-state index is 0.170. The minimum Gasteiger partial charge on any atom is -0.468 e. The number of nitrogens with zero attached hydrogens (tertiary/aromatic N) is 3. The van der Waals surface area contributed by atoms with E-state index in [1.807, 2.05) is 45.0 Å². The molecule has 0 aliphatic rings. The summed E-state index contributed by atoms with van der Waals surface area (Å²) in [6.45, 7) is 5.78. The molecule has 0 unspecified atom stereocenters. The summed E-state index contributed by atoms with van der Waals surface area (Å²) in [6.07, 6.45) is 0. The summed E-state index contributed by atoms with van der Waals surface area (Å²) < 4.78 is 15.7. The third kappa shape index (κ3) is 3.50. The molecule has 1 aromatic carbocycles. The van der Waals surface area contributed by atoms with Crippen molar-refractivity contribution in [3.63, 3.8) is 0 Å². The lowest BCUT2D eigenvalue weighted by Crippen LogP contribution is -2.00. The Morgan fingerprint density at radius 1 is 1.16 bits per heavy atom. The average Bonchev–Trinajstić information content (AvgIpc) is 2.94. The predicted octanol–water partition coefficient (Wildman–Crippen LogP) is 4.36. The first kappa shape index (κ1) is 17.4. The summed E-state index contributed by atoms with van der Waals surface area (Å²) in [7, 11) is 1.57. The van der Waals surface area contributed by atoms with Crippen molar-refractivity contribution in [2.45, 2.75) is 20.8 Å². The van der Waals surface area contributed by atoms with Crippen molar-refractivity contribution in [2.75, 3.05) is 13.9 Å². The molecule has 0 N–H and O–H groups in total. The summed E-state index contributed by atoms with van der Waals surface area (Å²) in [5.74, 6) is 1.87. The van der Waals surface area contributed by atoms with E-state index in [0.29, 0.717) is 22.5 Å². The Kier molecular flexibility index (Phi) is 5.01. The van der Waals surface area contributed by atoms with Crippen molar-refractivity contribution in [1.82, 2.24) is 15.1 Å². The van der Waals surface area contributed by atoms with Gasteiger partial charge in [-0.15, -0.1) is 0 Å². The van der Waals surface area contributed by atoms with Crippen molar-refractivity contribution in [1.29, 1.82) is 0 Å². The molecule has 0 atom stereocenters. The zero-order valence-corrected chi connectivity index (χ0v) is 15.2. The van der Waals surface area contributed by atoms with Gasteiger partial charge in [-0.25, -0.2) is 9.97 Å². The second kappa shape index (κ2) is 7.21. The molecule has 7 heteroatoms. The number of hydrogen-bond donors (Lipinski definition) is 0. The fourth-order valence-corrected chi connectivity index (χ4v) is 2.70. The SMILES string of the molecule is COCOc1cccc(-c2nc(Cl)c(C)c(-c3c(C)noc3C)n2)c1. The van der Waals surface area contributed by atoms with Gasteiger partial charge < -0.3 is 14.0 Å². The second-order valence-electron chi connectivity index (χ2n) is 5.59. The molecule has 0 aliphatic heterocycles. The number of benzene rings is 1. The fraction of sp³-hybridized carbons (Fsp3) is 0.278. The van der Waals surface area contributed by atoms with Gasteiger partial charge >= 0.3 is 0 Å². The lowest BCUT2D eigenvalue weighted by atomic mass is 10.1. The molecular weight excluding hydrogens is 342 g/mol. The van der Waals surface area contributed by atoms with E-state index in [2.05, 4.69) is 10.1 Å². The van der Waals surface area contributed by atoms with E-state index in [4.69, 9.17) is 30.6 Å². The number of hydrogen-bond acceptors (Lipinski definition) is 6. The molecule has 6 nitrogen and oxygen atoms in total. The van der Waals surface area contributed by atoms with Crippen LogP contribution in [0.3, 0.4) is 0 Å². The number of ether oxygens (including phenoxy) is 2. The van der Waals surface area contributed by atoms with Gasteiger partial charge in [0.1, 0.15) is 16.7 Å². The quantitative estimate of drug-likeness (QED) is 0.498. The highest BCUT2D eigenvalue weighted by atomic mass is 35.5. The highest BCUT2D eigenvalue weighted by Crippen LogP contribution is 2.33. The van der Waals surface area contributed by atoms with E-state index >= 15 is 0 Å². The van der Waals surface area contributed by atoms with Gasteiger partial charge in [-0.1, -0.05) is 28.9 Å². The first-order valence-electron chi connectivity index (χ1n) is 7.70. The fourth-order valence-electron chi connectivity index (χ4n) is 2.53. The molecule has 3 aromatic rings. The van der Waals surface area contributed by atoms with Gasteiger partial charge in [0.2, 0.25) is 0 Å². The summed E-state index contributed by atoms with van der Waals surface area (Å²) >= 11 is 6.36. The number of methoxy groups -OCH3 is 1. The van der Waals surface area contributed by atoms with Crippen LogP contribution in [-0.4, -0.2) is 29.0 Å². The zero-order valence-electron chi connectivity index (χ0n) is 14.5. The highest BCUT2D eigenvalue weighted by molar-refractivity contribution is 6.30. The van der Waals surface area contributed by atoms with Crippen LogP contribution in [0.15, 0.2) is 28.8 Å². The second-order valence-corrected chi connectivity index (χ2v) is 5.95. The van der Waals surface area contributed by atoms with E-state index < -0.39 is 0 Å². The van der Waals surface area contributed by atoms with Crippen LogP contribution < -0.4 is 4.74 Å². The number of rotatable bonds is 5. The topological polar surface area (TPSA) is 70.3 Å². The standard InChI is InChI=1S/C18H18ClN3O3/c1-10-16(15-11(2)22-25-12(15)3)20-18(21-17(10)19)13-6-5-7-14(8-13)24-9-23-4/h5-8H,9H2,1-4H3. The molecule has 0 fully saturated rings. The Morgan fingerprint density at radius 3 is 2.64 bits per heavy atom. The van der Waals surface area contributed by atoms with Gasteiger partial charge in [0.15, 0.2) is 12.6 Å². The monoisotopic (exact) mass is 359 g/mol. The summed E-state index contributed by atoms with van der Waals surface area (Å²) in [5.41, 5.74) is 3.90. The molecule has 2 aromatic heterocycles. The highest BCUT2D eigenvalue weighted by Gasteiger charge is 2.19. The Hall–Kier alpha value is -2.44. The number of aromatic nitrogens is 3. The van der Waals surface area contributed by atoms with Gasteiger partial charge in [0.05, 0.1) is 17.0 Å². The molecule has 2 heterocycles. The molecule has 25 heavy (non-hydrogen) atoms. The summed E-state index contributed by atoms with van der Waals surface area (Å²) in [6, 6.07) is 7.45. The lowest BCUT2D eigenvalue weighted by molar-refractivity contribution is 0.0511. The molecule has 0 radical (unpaired) electrons. The largest absolute Gasteiger partial charge is 0.468 e. The summed E-state index contributed by atoms with van der Waals surface area (Å²) in [5, 5.41) is 4.39. The van der Waals surface area contributed by atoms with Crippen molar-refractivity contribution >= 4 is 11.6 Å². The molecule has 0 saturated heterocycles. The third-order valence-corrected chi connectivity index (χ3v) is 4.16. The Labute approximate surface area is 150 Å². The van der Waals surface area contributed by atoms with Crippen LogP contribution in [0.4, 0.5) is 0 Å². The molecule has 0 spiro atoms. The maximum absolute atomic E-state index is 6.36. The molecule has 3 rings (SSSR count). The Morgan fingerprint density at radius 2 is 1.96 bits per heavy atom. The van der Waals surface area contributed by atoms with Crippen LogP contribution >= 0.6 is 11.6 Å². The van der Waals surface area contributed by atoms with Crippen molar-refractivity contribution < 1.29 is 14.0 Å². The van der Waals surface area contributed by atoms with Crippen molar-refractivity contribution in [3.05, 3.63) is 46.4 Å². The Bertz CT molecular complexity index is 889.